The van der Waals surface area contributed by atoms with E-state index in [2.05, 4.69) is 27.7 Å². The molecule has 5 heteroatoms. The largest absolute Gasteiger partial charge is 0.481 e. The highest BCUT2D eigenvalue weighted by molar-refractivity contribution is 5.69. The number of hydrogen-bond donors (Lipinski definition) is 4. The zero-order chi connectivity index (χ0) is 23.6. The van der Waals surface area contributed by atoms with E-state index in [9.17, 15) is 25.2 Å². The molecule has 4 rings (SSSR count). The van der Waals surface area contributed by atoms with Gasteiger partial charge in [0.15, 0.2) is 0 Å². The fourth-order valence-electron chi connectivity index (χ4n) is 9.82. The Labute approximate surface area is 194 Å². The molecule has 4 aliphatic rings. The molecule has 0 radical (unpaired) electrons. The Bertz CT molecular complexity index is 710. The van der Waals surface area contributed by atoms with Crippen LogP contribution in [-0.4, -0.2) is 44.7 Å². The van der Waals surface area contributed by atoms with E-state index < -0.39 is 12.1 Å². The van der Waals surface area contributed by atoms with Gasteiger partial charge in [0.05, 0.1) is 24.2 Å². The van der Waals surface area contributed by atoms with E-state index in [1.807, 2.05) is 0 Å². The summed E-state index contributed by atoms with van der Waals surface area (Å²) >= 11 is 0. The highest BCUT2D eigenvalue weighted by Gasteiger charge is 2.67. The van der Waals surface area contributed by atoms with Crippen LogP contribution in [0.3, 0.4) is 0 Å². The van der Waals surface area contributed by atoms with Gasteiger partial charge in [0.1, 0.15) is 0 Å². The summed E-state index contributed by atoms with van der Waals surface area (Å²) in [6.07, 6.45) is 5.76. The fourth-order valence-corrected chi connectivity index (χ4v) is 9.82. The van der Waals surface area contributed by atoms with Gasteiger partial charge in [0.2, 0.25) is 0 Å². The first kappa shape index (κ1) is 24.5. The number of carboxylic acid groups (broad SMARTS) is 1. The van der Waals surface area contributed by atoms with Crippen molar-refractivity contribution in [2.45, 2.75) is 104 Å². The topological polar surface area (TPSA) is 98.0 Å². The number of fused-ring (bicyclic) bond motifs is 5. The minimum Gasteiger partial charge on any atom is -0.481 e. The molecule has 4 aliphatic carbocycles. The van der Waals surface area contributed by atoms with Crippen LogP contribution in [0.4, 0.5) is 0 Å². The van der Waals surface area contributed by atoms with Crippen LogP contribution in [0.25, 0.3) is 0 Å². The summed E-state index contributed by atoms with van der Waals surface area (Å²) in [4.78, 5) is 11.5. The van der Waals surface area contributed by atoms with E-state index in [0.29, 0.717) is 18.3 Å². The van der Waals surface area contributed by atoms with Crippen molar-refractivity contribution in [2.75, 3.05) is 0 Å². The maximum atomic E-state index is 11.7. The quantitative estimate of drug-likeness (QED) is 0.500. The molecule has 4 saturated carbocycles. The molecule has 184 valence electrons. The average Bonchev–Trinajstić information content (AvgIpc) is 3.08. The van der Waals surface area contributed by atoms with Crippen molar-refractivity contribution in [3.8, 4) is 0 Å². The lowest BCUT2D eigenvalue weighted by Gasteiger charge is -2.65. The SMILES string of the molecule is CCC1C[C@@H](O)C[C@H]2C[C@@H](O)[C@@H]3[C@H](C[C@H](O)[C@]4(C)[C@@H]([C@H](C)CC(C)C(=O)O)CC[C@@H]34)[C@@]12C. The highest BCUT2D eigenvalue weighted by Crippen LogP contribution is 2.69. The van der Waals surface area contributed by atoms with E-state index in [-0.39, 0.29) is 58.5 Å². The Balaban J connectivity index is 1.65. The van der Waals surface area contributed by atoms with Gasteiger partial charge in [0, 0.05) is 0 Å². The molecule has 0 saturated heterocycles. The first-order valence-electron chi connectivity index (χ1n) is 13.2. The van der Waals surface area contributed by atoms with Crippen LogP contribution in [0.15, 0.2) is 0 Å². The summed E-state index contributed by atoms with van der Waals surface area (Å²) in [6, 6.07) is 0. The van der Waals surface area contributed by atoms with Gasteiger partial charge in [0.25, 0.3) is 0 Å². The van der Waals surface area contributed by atoms with Crippen LogP contribution in [0.2, 0.25) is 0 Å². The van der Waals surface area contributed by atoms with Gasteiger partial charge >= 0.3 is 5.97 Å². The third kappa shape index (κ3) is 3.48. The molecular formula is C27H46O5. The summed E-state index contributed by atoms with van der Waals surface area (Å²) in [7, 11) is 0. The third-order valence-electron chi connectivity index (χ3n) is 11.5. The molecule has 0 bridgehead atoms. The van der Waals surface area contributed by atoms with Crippen molar-refractivity contribution < 1.29 is 25.2 Å². The summed E-state index contributed by atoms with van der Waals surface area (Å²) < 4.78 is 0. The predicted octanol–water partition coefficient (Wildman–Crippen LogP) is 4.33. The first-order valence-corrected chi connectivity index (χ1v) is 13.2. The van der Waals surface area contributed by atoms with Crippen molar-refractivity contribution in [1.29, 1.82) is 0 Å². The maximum Gasteiger partial charge on any atom is 0.306 e. The Hall–Kier alpha value is -0.650. The van der Waals surface area contributed by atoms with Crippen molar-refractivity contribution in [2.24, 2.45) is 58.2 Å². The van der Waals surface area contributed by atoms with Crippen LogP contribution >= 0.6 is 0 Å². The number of aliphatic carboxylic acids is 1. The molecular weight excluding hydrogens is 404 g/mol. The third-order valence-corrected chi connectivity index (χ3v) is 11.5. The van der Waals surface area contributed by atoms with Gasteiger partial charge in [-0.15, -0.1) is 0 Å². The Morgan fingerprint density at radius 2 is 1.66 bits per heavy atom. The van der Waals surface area contributed by atoms with Gasteiger partial charge in [-0.25, -0.2) is 0 Å². The van der Waals surface area contributed by atoms with Crippen LogP contribution in [0.1, 0.15) is 86.0 Å². The minimum absolute atomic E-state index is 0.0573. The number of aliphatic hydroxyl groups excluding tert-OH is 3. The van der Waals surface area contributed by atoms with Crippen molar-refractivity contribution >= 4 is 5.97 Å². The van der Waals surface area contributed by atoms with E-state index in [1.54, 1.807) is 6.92 Å². The number of aliphatic hydroxyl groups is 3. The highest BCUT2D eigenvalue weighted by atomic mass is 16.4. The summed E-state index contributed by atoms with van der Waals surface area (Å²) in [5.41, 5.74) is -0.208. The average molecular weight is 451 g/mol. The molecule has 4 N–H and O–H groups in total. The molecule has 0 aromatic rings. The second kappa shape index (κ2) is 8.53. The van der Waals surface area contributed by atoms with Crippen LogP contribution < -0.4 is 0 Å². The summed E-state index contributed by atoms with van der Waals surface area (Å²) in [5, 5.41) is 43.1. The van der Waals surface area contributed by atoms with E-state index >= 15 is 0 Å². The molecule has 32 heavy (non-hydrogen) atoms. The molecule has 2 unspecified atom stereocenters. The molecule has 5 nitrogen and oxygen atoms in total. The second-order valence-electron chi connectivity index (χ2n) is 12.6. The molecule has 0 heterocycles. The standard InChI is InChI=1S/C27H46O5/c1-6-16-10-18(28)11-17-12-22(29)24-20-8-7-19(14(2)9-15(3)25(31)32)27(20,5)23(30)13-21(24)26(16,17)4/h14-24,28-30H,6-13H2,1-5H3,(H,31,32)/t14-,15?,16?,17+,18-,19-,20+,21+,22-,23+,24+,26+,27-/m1/s1. The van der Waals surface area contributed by atoms with Gasteiger partial charge < -0.3 is 20.4 Å². The Morgan fingerprint density at radius 3 is 2.28 bits per heavy atom. The maximum absolute atomic E-state index is 11.7. The van der Waals surface area contributed by atoms with Crippen molar-refractivity contribution in [1.82, 2.24) is 0 Å². The molecule has 0 aromatic carbocycles. The zero-order valence-electron chi connectivity index (χ0n) is 20.7. The number of rotatable bonds is 5. The monoisotopic (exact) mass is 450 g/mol. The van der Waals surface area contributed by atoms with Gasteiger partial charge in [-0.2, -0.15) is 0 Å². The molecule has 0 aliphatic heterocycles. The molecule has 4 fully saturated rings. The number of carbonyl (C=O) groups is 1. The normalized spacial score (nSPS) is 52.4. The first-order chi connectivity index (χ1) is 15.0. The zero-order valence-corrected chi connectivity index (χ0v) is 20.7. The summed E-state index contributed by atoms with van der Waals surface area (Å²) in [6.45, 7) is 10.8. The van der Waals surface area contributed by atoms with Crippen LogP contribution in [0.5, 0.6) is 0 Å². The van der Waals surface area contributed by atoms with Crippen molar-refractivity contribution in [3.05, 3.63) is 0 Å². The molecule has 13 atom stereocenters. The van der Waals surface area contributed by atoms with E-state index in [4.69, 9.17) is 0 Å². The Kier molecular flexibility index (Phi) is 6.53. The fraction of sp³-hybridized carbons (Fsp3) is 0.963. The lowest BCUT2D eigenvalue weighted by molar-refractivity contribution is -0.222. The molecule has 0 amide bonds. The number of hydrogen-bond acceptors (Lipinski definition) is 4. The molecule has 0 aromatic heterocycles. The van der Waals surface area contributed by atoms with E-state index in [1.165, 1.54) is 0 Å². The predicted molar refractivity (Wildman–Crippen MR) is 124 cm³/mol. The molecule has 0 spiro atoms. The van der Waals surface area contributed by atoms with Gasteiger partial charge in [-0.3, -0.25) is 4.79 Å². The Morgan fingerprint density at radius 1 is 0.969 bits per heavy atom. The van der Waals surface area contributed by atoms with Crippen LogP contribution in [-0.2, 0) is 4.79 Å². The summed E-state index contributed by atoms with van der Waals surface area (Å²) in [5.74, 6) is 0.917. The van der Waals surface area contributed by atoms with Gasteiger partial charge in [-0.1, -0.05) is 41.0 Å². The lowest BCUT2D eigenvalue weighted by Crippen LogP contribution is -2.64. The second-order valence-corrected chi connectivity index (χ2v) is 12.6. The lowest BCUT2D eigenvalue weighted by atomic mass is 9.41. The van der Waals surface area contributed by atoms with Gasteiger partial charge in [-0.05, 0) is 97.2 Å². The number of carboxylic acids is 1. The minimum atomic E-state index is -0.743. The smallest absolute Gasteiger partial charge is 0.306 e. The van der Waals surface area contributed by atoms with E-state index in [0.717, 1.165) is 44.9 Å². The van der Waals surface area contributed by atoms with Crippen molar-refractivity contribution in [3.63, 3.8) is 0 Å². The van der Waals surface area contributed by atoms with Crippen LogP contribution in [0, 0.1) is 58.2 Å².